The highest BCUT2D eigenvalue weighted by Gasteiger charge is 2.54. The third-order valence-corrected chi connectivity index (χ3v) is 3.44. The van der Waals surface area contributed by atoms with E-state index in [4.69, 9.17) is 20.6 Å². The molecule has 0 heterocycles. The molecule has 0 aromatic heterocycles. The van der Waals surface area contributed by atoms with Gasteiger partial charge in [0.25, 0.3) is 0 Å². The molecule has 1 aliphatic rings. The van der Waals surface area contributed by atoms with Gasteiger partial charge in [0.1, 0.15) is 6.04 Å². The van der Waals surface area contributed by atoms with Gasteiger partial charge in [0.2, 0.25) is 0 Å². The fourth-order valence-electron chi connectivity index (χ4n) is 1.16. The molecule has 70 valence electrons. The van der Waals surface area contributed by atoms with Gasteiger partial charge in [-0.25, -0.2) is 0 Å². The van der Waals surface area contributed by atoms with Crippen molar-refractivity contribution in [3.63, 3.8) is 0 Å². The van der Waals surface area contributed by atoms with Crippen molar-refractivity contribution in [1.82, 2.24) is 0 Å². The zero-order valence-corrected chi connectivity index (χ0v) is 7.02. The summed E-state index contributed by atoms with van der Waals surface area (Å²) in [5.41, 5.74) is 4.32. The van der Waals surface area contributed by atoms with E-state index in [1.165, 1.54) is 0 Å². The van der Waals surface area contributed by atoms with Gasteiger partial charge >= 0.3 is 13.6 Å². The van der Waals surface area contributed by atoms with Crippen LogP contribution >= 0.6 is 7.60 Å². The lowest BCUT2D eigenvalue weighted by molar-refractivity contribution is -0.139. The molecule has 12 heavy (non-hydrogen) atoms. The fourth-order valence-corrected chi connectivity index (χ4v) is 2.36. The van der Waals surface area contributed by atoms with Crippen molar-refractivity contribution in [2.75, 3.05) is 0 Å². The molecule has 1 saturated carbocycles. The lowest BCUT2D eigenvalue weighted by atomic mass is 10.2. The number of carboxylic acids is 1. The van der Waals surface area contributed by atoms with Gasteiger partial charge in [0, 0.05) is 0 Å². The summed E-state index contributed by atoms with van der Waals surface area (Å²) in [6.07, 6.45) is 0.206. The minimum absolute atomic E-state index is 0.206. The summed E-state index contributed by atoms with van der Waals surface area (Å²) < 4.78 is 10.6. The molecular formula is C5H10NO5P. The first-order chi connectivity index (χ1) is 5.34. The zero-order chi connectivity index (χ0) is 9.52. The smallest absolute Gasteiger partial charge is 0.328 e. The molecule has 0 bridgehead atoms. The molecule has 3 atom stereocenters. The second-order valence-corrected chi connectivity index (χ2v) is 4.76. The van der Waals surface area contributed by atoms with Crippen LogP contribution in [0.1, 0.15) is 6.42 Å². The summed E-state index contributed by atoms with van der Waals surface area (Å²) in [6.45, 7) is 0. The van der Waals surface area contributed by atoms with E-state index in [-0.39, 0.29) is 6.42 Å². The molecular weight excluding hydrogens is 185 g/mol. The summed E-state index contributed by atoms with van der Waals surface area (Å²) >= 11 is 0. The third kappa shape index (κ3) is 1.84. The molecule has 0 saturated heterocycles. The Bertz CT molecular complexity index is 248. The predicted molar refractivity (Wildman–Crippen MR) is 39.6 cm³/mol. The van der Waals surface area contributed by atoms with Crippen LogP contribution in [0.15, 0.2) is 0 Å². The second kappa shape index (κ2) is 2.81. The monoisotopic (exact) mass is 195 g/mol. The molecule has 1 fully saturated rings. The summed E-state index contributed by atoms with van der Waals surface area (Å²) in [5, 5.41) is 8.40. The Hall–Kier alpha value is -0.420. The summed E-state index contributed by atoms with van der Waals surface area (Å²) in [5.74, 6) is -1.78. The highest BCUT2D eigenvalue weighted by molar-refractivity contribution is 7.53. The number of hydrogen-bond acceptors (Lipinski definition) is 3. The van der Waals surface area contributed by atoms with E-state index in [1.807, 2.05) is 0 Å². The van der Waals surface area contributed by atoms with Crippen LogP contribution < -0.4 is 5.73 Å². The van der Waals surface area contributed by atoms with E-state index in [0.29, 0.717) is 0 Å². The molecule has 5 N–H and O–H groups in total. The Labute approximate surface area is 68.5 Å². The van der Waals surface area contributed by atoms with Crippen LogP contribution in [0.4, 0.5) is 0 Å². The topological polar surface area (TPSA) is 121 Å². The van der Waals surface area contributed by atoms with Crippen molar-refractivity contribution in [2.45, 2.75) is 18.1 Å². The Morgan fingerprint density at radius 2 is 2.08 bits per heavy atom. The van der Waals surface area contributed by atoms with E-state index >= 15 is 0 Å². The minimum Gasteiger partial charge on any atom is -0.480 e. The fraction of sp³-hybridized carbons (Fsp3) is 0.800. The first kappa shape index (κ1) is 9.67. The Morgan fingerprint density at radius 1 is 1.58 bits per heavy atom. The van der Waals surface area contributed by atoms with Crippen LogP contribution in [0.25, 0.3) is 0 Å². The van der Waals surface area contributed by atoms with E-state index in [1.54, 1.807) is 0 Å². The van der Waals surface area contributed by atoms with Crippen LogP contribution in [0, 0.1) is 5.92 Å². The number of aliphatic carboxylic acids is 1. The SMILES string of the molecule is NC(C(=O)O)[C@H]1C[C@@H]1P(=O)(O)O. The van der Waals surface area contributed by atoms with Gasteiger partial charge in [0.15, 0.2) is 0 Å². The van der Waals surface area contributed by atoms with Crippen LogP contribution in [-0.4, -0.2) is 32.6 Å². The quantitative estimate of drug-likeness (QED) is 0.427. The maximum atomic E-state index is 10.6. The van der Waals surface area contributed by atoms with Gasteiger partial charge in [-0.3, -0.25) is 9.36 Å². The highest BCUT2D eigenvalue weighted by atomic mass is 31.2. The lowest BCUT2D eigenvalue weighted by Crippen LogP contribution is -2.33. The van der Waals surface area contributed by atoms with Gasteiger partial charge in [-0.05, 0) is 12.3 Å². The van der Waals surface area contributed by atoms with Crippen LogP contribution in [0.5, 0.6) is 0 Å². The van der Waals surface area contributed by atoms with Gasteiger partial charge in [-0.15, -0.1) is 0 Å². The lowest BCUT2D eigenvalue weighted by Gasteiger charge is -2.05. The van der Waals surface area contributed by atoms with Crippen LogP contribution in [-0.2, 0) is 9.36 Å². The Kier molecular flexibility index (Phi) is 2.27. The van der Waals surface area contributed by atoms with Crippen molar-refractivity contribution in [2.24, 2.45) is 11.7 Å². The average molecular weight is 195 g/mol. The van der Waals surface area contributed by atoms with Gasteiger partial charge in [-0.1, -0.05) is 0 Å². The number of rotatable bonds is 3. The summed E-state index contributed by atoms with van der Waals surface area (Å²) in [7, 11) is -4.12. The average Bonchev–Trinajstić information content (AvgIpc) is 2.61. The first-order valence-electron chi connectivity index (χ1n) is 3.37. The first-order valence-corrected chi connectivity index (χ1v) is 5.06. The van der Waals surface area contributed by atoms with E-state index in [9.17, 15) is 9.36 Å². The molecule has 0 amide bonds. The molecule has 1 aliphatic carbocycles. The zero-order valence-electron chi connectivity index (χ0n) is 6.12. The van der Waals surface area contributed by atoms with E-state index in [0.717, 1.165) is 0 Å². The standard InChI is InChI=1S/C5H10NO5P/c6-4(5(7)8)2-1-3(2)12(9,10)11/h2-4H,1,6H2,(H,7,8)(H2,9,10,11)/t2-,3-,4?/m0/s1. The maximum absolute atomic E-state index is 10.6. The number of carbonyl (C=O) groups is 1. The molecule has 7 heteroatoms. The molecule has 1 rings (SSSR count). The molecule has 1 unspecified atom stereocenters. The molecule has 0 aromatic rings. The number of hydrogen-bond donors (Lipinski definition) is 4. The number of nitrogens with two attached hydrogens (primary N) is 1. The van der Waals surface area contributed by atoms with Crippen molar-refractivity contribution in [3.05, 3.63) is 0 Å². The van der Waals surface area contributed by atoms with E-state index < -0.39 is 31.2 Å². The van der Waals surface area contributed by atoms with Gasteiger partial charge in [-0.2, -0.15) is 0 Å². The molecule has 6 nitrogen and oxygen atoms in total. The predicted octanol–water partition coefficient (Wildman–Crippen LogP) is -1.04. The van der Waals surface area contributed by atoms with Crippen molar-refractivity contribution < 1.29 is 24.3 Å². The number of carboxylic acid groups (broad SMARTS) is 1. The van der Waals surface area contributed by atoms with Crippen LogP contribution in [0.2, 0.25) is 0 Å². The Morgan fingerprint density at radius 3 is 2.33 bits per heavy atom. The molecule has 0 aromatic carbocycles. The van der Waals surface area contributed by atoms with Crippen molar-refractivity contribution in [3.8, 4) is 0 Å². The minimum atomic E-state index is -4.12. The van der Waals surface area contributed by atoms with Crippen molar-refractivity contribution in [1.29, 1.82) is 0 Å². The van der Waals surface area contributed by atoms with Crippen molar-refractivity contribution >= 4 is 13.6 Å². The Balaban J connectivity index is 2.54. The largest absolute Gasteiger partial charge is 0.480 e. The van der Waals surface area contributed by atoms with Gasteiger partial charge in [0.05, 0.1) is 5.66 Å². The molecule has 0 spiro atoms. The third-order valence-electron chi connectivity index (χ3n) is 1.98. The molecule has 0 aliphatic heterocycles. The normalized spacial score (nSPS) is 31.2. The molecule has 0 radical (unpaired) electrons. The second-order valence-electron chi connectivity index (χ2n) is 2.92. The maximum Gasteiger partial charge on any atom is 0.328 e. The summed E-state index contributed by atoms with van der Waals surface area (Å²) in [6, 6.07) is -1.15. The highest BCUT2D eigenvalue weighted by Crippen LogP contribution is 2.58. The van der Waals surface area contributed by atoms with E-state index in [2.05, 4.69) is 0 Å². The van der Waals surface area contributed by atoms with Gasteiger partial charge < -0.3 is 20.6 Å². The summed E-state index contributed by atoms with van der Waals surface area (Å²) in [4.78, 5) is 27.5. The van der Waals surface area contributed by atoms with Crippen LogP contribution in [0.3, 0.4) is 0 Å².